The SMILES string of the molecule is CCCCCc1ccc(-c2ccc(-c3ccc4c(F)c(OC(F)(F)F)ccc4c3)cc2)cc1. The largest absolute Gasteiger partial charge is 0.573 e. The van der Waals surface area contributed by atoms with Crippen molar-refractivity contribution >= 4 is 10.8 Å². The maximum atomic E-state index is 14.5. The molecule has 1 nitrogen and oxygen atoms in total. The van der Waals surface area contributed by atoms with Crippen LogP contribution >= 0.6 is 0 Å². The van der Waals surface area contributed by atoms with E-state index in [0.29, 0.717) is 5.39 Å². The molecular weight excluding hydrogens is 428 g/mol. The van der Waals surface area contributed by atoms with Crippen LogP contribution in [0.2, 0.25) is 0 Å². The van der Waals surface area contributed by atoms with E-state index in [-0.39, 0.29) is 5.39 Å². The summed E-state index contributed by atoms with van der Waals surface area (Å²) >= 11 is 0. The molecule has 170 valence electrons. The summed E-state index contributed by atoms with van der Waals surface area (Å²) in [5.74, 6) is -1.85. The van der Waals surface area contributed by atoms with E-state index in [1.165, 1.54) is 37.0 Å². The van der Waals surface area contributed by atoms with Gasteiger partial charge in [-0.2, -0.15) is 0 Å². The quantitative estimate of drug-likeness (QED) is 0.201. The summed E-state index contributed by atoms with van der Waals surface area (Å²) < 4.78 is 55.6. The third-order valence-corrected chi connectivity index (χ3v) is 5.72. The lowest BCUT2D eigenvalue weighted by Crippen LogP contribution is -2.17. The molecule has 0 unspecified atom stereocenters. The molecule has 33 heavy (non-hydrogen) atoms. The number of rotatable bonds is 7. The fourth-order valence-corrected chi connectivity index (χ4v) is 3.95. The molecular formula is C28H24F4O. The van der Waals surface area contributed by atoms with Crippen LogP contribution in [0.25, 0.3) is 33.0 Å². The minimum atomic E-state index is -4.94. The fourth-order valence-electron chi connectivity index (χ4n) is 3.95. The molecule has 0 fully saturated rings. The van der Waals surface area contributed by atoms with Crippen LogP contribution in [-0.2, 0) is 6.42 Å². The van der Waals surface area contributed by atoms with E-state index >= 15 is 0 Å². The highest BCUT2D eigenvalue weighted by Crippen LogP contribution is 2.33. The van der Waals surface area contributed by atoms with Gasteiger partial charge >= 0.3 is 6.36 Å². The van der Waals surface area contributed by atoms with E-state index in [9.17, 15) is 17.6 Å². The summed E-state index contributed by atoms with van der Waals surface area (Å²) in [6, 6.07) is 24.0. The lowest BCUT2D eigenvalue weighted by Gasteiger charge is -2.12. The van der Waals surface area contributed by atoms with Gasteiger partial charge in [-0.3, -0.25) is 0 Å². The van der Waals surface area contributed by atoms with Gasteiger partial charge in [0.1, 0.15) is 0 Å². The molecule has 0 heterocycles. The van der Waals surface area contributed by atoms with Crippen molar-refractivity contribution in [2.75, 3.05) is 0 Å². The Balaban J connectivity index is 1.53. The van der Waals surface area contributed by atoms with Gasteiger partial charge in [-0.05, 0) is 58.2 Å². The third-order valence-electron chi connectivity index (χ3n) is 5.72. The minimum absolute atomic E-state index is 0.0798. The standard InChI is InChI=1S/C28H24F4O/c1-2-3-4-5-19-6-8-20(9-7-19)21-10-12-22(13-11-21)23-14-16-25-24(18-23)15-17-26(27(25)29)33-28(30,31)32/h6-18H,2-5H2,1H3. The second kappa shape index (κ2) is 9.65. The Bertz CT molecular complexity index is 1230. The molecule has 0 N–H and O–H groups in total. The molecule has 0 saturated carbocycles. The zero-order valence-corrected chi connectivity index (χ0v) is 18.3. The van der Waals surface area contributed by atoms with Crippen LogP contribution in [0.1, 0.15) is 31.7 Å². The number of hydrogen-bond acceptors (Lipinski definition) is 1. The number of hydrogen-bond donors (Lipinski definition) is 0. The van der Waals surface area contributed by atoms with Crippen LogP contribution in [0.4, 0.5) is 17.6 Å². The Labute approximate surface area is 190 Å². The molecule has 0 aliphatic carbocycles. The van der Waals surface area contributed by atoms with Crippen molar-refractivity contribution in [2.45, 2.75) is 39.0 Å². The van der Waals surface area contributed by atoms with Gasteiger partial charge < -0.3 is 4.74 Å². The number of aryl methyl sites for hydroxylation is 1. The summed E-state index contributed by atoms with van der Waals surface area (Å²) in [4.78, 5) is 0. The van der Waals surface area contributed by atoms with Crippen molar-refractivity contribution in [3.8, 4) is 28.0 Å². The molecule has 4 rings (SSSR count). The van der Waals surface area contributed by atoms with Crippen molar-refractivity contribution < 1.29 is 22.3 Å². The van der Waals surface area contributed by atoms with E-state index in [1.807, 2.05) is 24.3 Å². The van der Waals surface area contributed by atoms with Crippen molar-refractivity contribution in [1.82, 2.24) is 0 Å². The number of benzene rings is 4. The molecule has 0 aliphatic heterocycles. The smallest absolute Gasteiger partial charge is 0.403 e. The summed E-state index contributed by atoms with van der Waals surface area (Å²) in [5, 5.41) is 0.582. The van der Waals surface area contributed by atoms with Crippen molar-refractivity contribution in [2.24, 2.45) is 0 Å². The summed E-state index contributed by atoms with van der Waals surface area (Å²) in [6.07, 6.45) is -0.181. The Morgan fingerprint density at radius 3 is 1.88 bits per heavy atom. The Kier molecular flexibility index (Phi) is 6.68. The molecule has 0 amide bonds. The van der Waals surface area contributed by atoms with Crippen LogP contribution in [0.15, 0.2) is 78.9 Å². The average molecular weight is 452 g/mol. The van der Waals surface area contributed by atoms with Gasteiger partial charge in [0.2, 0.25) is 0 Å². The van der Waals surface area contributed by atoms with E-state index in [4.69, 9.17) is 0 Å². The molecule has 5 heteroatoms. The van der Waals surface area contributed by atoms with E-state index < -0.39 is 17.9 Å². The maximum Gasteiger partial charge on any atom is 0.573 e. The normalized spacial score (nSPS) is 11.7. The zero-order chi connectivity index (χ0) is 23.4. The topological polar surface area (TPSA) is 9.23 Å². The van der Waals surface area contributed by atoms with Gasteiger partial charge in [0.05, 0.1) is 0 Å². The monoisotopic (exact) mass is 452 g/mol. The van der Waals surface area contributed by atoms with E-state index in [1.54, 1.807) is 12.1 Å². The predicted octanol–water partition coefficient (Wildman–Crippen LogP) is 8.94. The zero-order valence-electron chi connectivity index (χ0n) is 18.3. The Hall–Kier alpha value is -3.34. The van der Waals surface area contributed by atoms with Gasteiger partial charge in [-0.15, -0.1) is 13.2 Å². The van der Waals surface area contributed by atoms with Crippen LogP contribution in [0.3, 0.4) is 0 Å². The van der Waals surface area contributed by atoms with Gasteiger partial charge in [0.15, 0.2) is 11.6 Å². The minimum Gasteiger partial charge on any atom is -0.403 e. The predicted molar refractivity (Wildman–Crippen MR) is 125 cm³/mol. The van der Waals surface area contributed by atoms with Gasteiger partial charge in [0, 0.05) is 5.39 Å². The number of halogens is 4. The first-order valence-corrected chi connectivity index (χ1v) is 11.0. The Morgan fingerprint density at radius 1 is 0.697 bits per heavy atom. The summed E-state index contributed by atoms with van der Waals surface area (Å²) in [5.41, 5.74) is 5.37. The molecule has 0 spiro atoms. The first kappa shape index (κ1) is 22.8. The fraction of sp³-hybridized carbons (Fsp3) is 0.214. The first-order valence-electron chi connectivity index (χ1n) is 11.0. The molecule has 0 atom stereocenters. The number of unbranched alkanes of at least 4 members (excludes halogenated alkanes) is 2. The second-order valence-corrected chi connectivity index (χ2v) is 8.09. The van der Waals surface area contributed by atoms with Crippen LogP contribution in [0.5, 0.6) is 5.75 Å². The average Bonchev–Trinajstić information content (AvgIpc) is 2.81. The molecule has 0 aliphatic rings. The highest BCUT2D eigenvalue weighted by Gasteiger charge is 2.32. The first-order chi connectivity index (χ1) is 15.8. The van der Waals surface area contributed by atoms with Crippen LogP contribution < -0.4 is 4.74 Å². The van der Waals surface area contributed by atoms with E-state index in [0.717, 1.165) is 34.7 Å². The maximum absolute atomic E-state index is 14.5. The number of fused-ring (bicyclic) bond motifs is 1. The lowest BCUT2D eigenvalue weighted by molar-refractivity contribution is -0.275. The number of ether oxygens (including phenoxy) is 1. The molecule has 0 bridgehead atoms. The molecule has 0 saturated heterocycles. The van der Waals surface area contributed by atoms with Gasteiger partial charge in [-0.25, -0.2) is 4.39 Å². The second-order valence-electron chi connectivity index (χ2n) is 8.09. The van der Waals surface area contributed by atoms with Crippen LogP contribution in [0, 0.1) is 5.82 Å². The third kappa shape index (κ3) is 5.54. The Morgan fingerprint density at radius 2 is 1.27 bits per heavy atom. The van der Waals surface area contributed by atoms with Gasteiger partial charge in [0.25, 0.3) is 0 Å². The molecule has 4 aromatic rings. The summed E-state index contributed by atoms with van der Waals surface area (Å²) in [7, 11) is 0. The molecule has 4 aromatic carbocycles. The van der Waals surface area contributed by atoms with Crippen LogP contribution in [-0.4, -0.2) is 6.36 Å². The highest BCUT2D eigenvalue weighted by atomic mass is 19.4. The van der Waals surface area contributed by atoms with Crippen molar-refractivity contribution in [3.05, 3.63) is 90.2 Å². The van der Waals surface area contributed by atoms with Crippen molar-refractivity contribution in [3.63, 3.8) is 0 Å². The van der Waals surface area contributed by atoms with Crippen molar-refractivity contribution in [1.29, 1.82) is 0 Å². The highest BCUT2D eigenvalue weighted by molar-refractivity contribution is 5.89. The lowest BCUT2D eigenvalue weighted by atomic mass is 9.97. The molecule has 0 radical (unpaired) electrons. The van der Waals surface area contributed by atoms with Gasteiger partial charge in [-0.1, -0.05) is 86.5 Å². The number of alkyl halides is 3. The van der Waals surface area contributed by atoms with E-state index in [2.05, 4.69) is 35.9 Å². The summed E-state index contributed by atoms with van der Waals surface area (Å²) in [6.45, 7) is 2.20. The molecule has 0 aromatic heterocycles.